The Morgan fingerprint density at radius 3 is 2.21 bits per heavy atom. The molecule has 0 aromatic carbocycles. The van der Waals surface area contributed by atoms with Gasteiger partial charge in [-0.1, -0.05) is 0 Å². The number of carboxylic acids is 1. The van der Waals surface area contributed by atoms with Crippen molar-refractivity contribution in [3.8, 4) is 0 Å². The summed E-state index contributed by atoms with van der Waals surface area (Å²) in [6, 6.07) is 0. The first-order valence-electron chi connectivity index (χ1n) is 5.50. The monoisotopic (exact) mass is 285 g/mol. The van der Waals surface area contributed by atoms with Crippen molar-refractivity contribution in [2.45, 2.75) is 49.4 Å². The molecule has 108 valence electrons. The van der Waals surface area contributed by atoms with Gasteiger partial charge < -0.3 is 19.4 Å². The number of carboxylic acid groups (broad SMARTS) is 1. The fraction of sp³-hybridized carbons (Fsp3) is 0.800. The second kappa shape index (κ2) is 4.32. The number of fused-ring (bicyclic) bond motifs is 2. The smallest absolute Gasteiger partial charge is 0.410 e. The molecule has 0 spiro atoms. The van der Waals surface area contributed by atoms with Crippen molar-refractivity contribution in [1.29, 1.82) is 0 Å². The van der Waals surface area contributed by atoms with Gasteiger partial charge in [-0.25, -0.2) is 4.79 Å². The number of ether oxygens (including phenoxy) is 2. The van der Waals surface area contributed by atoms with Gasteiger partial charge in [-0.05, 0) is 12.8 Å². The van der Waals surface area contributed by atoms with E-state index in [1.54, 1.807) is 0 Å². The summed E-state index contributed by atoms with van der Waals surface area (Å²) in [6.45, 7) is 0. The molecule has 0 N–H and O–H groups in total. The largest absolute Gasteiger partial charge is 0.544 e. The van der Waals surface area contributed by atoms with Crippen LogP contribution < -0.4 is 5.11 Å². The lowest BCUT2D eigenvalue weighted by atomic mass is 9.98. The predicted octanol–water partition coefficient (Wildman–Crippen LogP) is -0.130. The third kappa shape index (κ3) is 2.15. The van der Waals surface area contributed by atoms with Crippen molar-refractivity contribution in [3.05, 3.63) is 0 Å². The Morgan fingerprint density at radius 2 is 1.79 bits per heavy atom. The number of hydrogen-bond donors (Lipinski definition) is 0. The molecule has 2 fully saturated rings. The van der Waals surface area contributed by atoms with E-state index in [1.807, 2.05) is 0 Å². The zero-order valence-corrected chi connectivity index (χ0v) is 9.41. The van der Waals surface area contributed by atoms with Crippen LogP contribution in [0.2, 0.25) is 0 Å². The van der Waals surface area contributed by atoms with Crippen molar-refractivity contribution in [3.63, 3.8) is 0 Å². The van der Waals surface area contributed by atoms with E-state index in [-0.39, 0.29) is 12.5 Å². The van der Waals surface area contributed by atoms with Crippen LogP contribution in [0.25, 0.3) is 0 Å². The Balaban J connectivity index is 2.05. The molecule has 0 aromatic heterocycles. The average molecular weight is 285 g/mol. The minimum Gasteiger partial charge on any atom is -0.544 e. The second-order valence-corrected chi connectivity index (χ2v) is 4.49. The van der Waals surface area contributed by atoms with Gasteiger partial charge in [0.25, 0.3) is 0 Å². The summed E-state index contributed by atoms with van der Waals surface area (Å²) in [7, 11) is 0. The first-order valence-corrected chi connectivity index (χ1v) is 5.50. The Hall–Kier alpha value is -1.38. The summed E-state index contributed by atoms with van der Waals surface area (Å²) in [5, 5.41) is 9.96. The maximum Gasteiger partial charge on any atom is 0.410 e. The number of rotatable bonds is 4. The molecule has 0 radical (unpaired) electrons. The third-order valence-corrected chi connectivity index (χ3v) is 3.22. The number of carbonyl (C=O) groups is 2. The van der Waals surface area contributed by atoms with Gasteiger partial charge in [0.2, 0.25) is 0 Å². The molecule has 2 heterocycles. The van der Waals surface area contributed by atoms with Crippen molar-refractivity contribution in [2.75, 3.05) is 0 Å². The van der Waals surface area contributed by atoms with Crippen LogP contribution in [-0.2, 0) is 19.1 Å². The molecule has 19 heavy (non-hydrogen) atoms. The summed E-state index contributed by atoms with van der Waals surface area (Å²) in [5.74, 6) is -17.0. The number of alkyl halides is 4. The summed E-state index contributed by atoms with van der Waals surface area (Å²) in [5.41, 5.74) is 0. The Labute approximate surface area is 104 Å². The van der Waals surface area contributed by atoms with Crippen LogP contribution in [0.3, 0.4) is 0 Å². The normalized spacial score (nSPS) is 30.4. The van der Waals surface area contributed by atoms with Crippen LogP contribution in [0.4, 0.5) is 17.6 Å². The molecule has 2 saturated heterocycles. The molecule has 2 bridgehead atoms. The Bertz CT molecular complexity index is 411. The van der Waals surface area contributed by atoms with Crippen LogP contribution in [-0.4, -0.2) is 42.1 Å². The van der Waals surface area contributed by atoms with Gasteiger partial charge in [-0.15, -0.1) is 0 Å². The van der Waals surface area contributed by atoms with Crippen molar-refractivity contribution >= 4 is 11.9 Å². The van der Waals surface area contributed by atoms with Crippen LogP contribution >= 0.6 is 0 Å². The van der Waals surface area contributed by atoms with Crippen molar-refractivity contribution in [1.82, 2.24) is 0 Å². The molecule has 3 unspecified atom stereocenters. The summed E-state index contributed by atoms with van der Waals surface area (Å²) in [4.78, 5) is 21.0. The molecule has 0 aliphatic carbocycles. The van der Waals surface area contributed by atoms with E-state index < -0.39 is 36.0 Å². The van der Waals surface area contributed by atoms with Gasteiger partial charge in [-0.2, -0.15) is 17.6 Å². The number of esters is 1. The SMILES string of the molecule is O=C([O-])C(F)(F)C(F)(F)C(=O)OC1CC2CCC1O2. The predicted molar refractivity (Wildman–Crippen MR) is 47.3 cm³/mol. The summed E-state index contributed by atoms with van der Waals surface area (Å²) in [6.07, 6.45) is -0.576. The van der Waals surface area contributed by atoms with Gasteiger partial charge in [0.05, 0.1) is 12.2 Å². The lowest BCUT2D eigenvalue weighted by molar-refractivity contribution is -0.346. The van der Waals surface area contributed by atoms with Crippen molar-refractivity contribution < 1.29 is 41.7 Å². The van der Waals surface area contributed by atoms with Crippen molar-refractivity contribution in [2.24, 2.45) is 0 Å². The van der Waals surface area contributed by atoms with Crippen LogP contribution in [0.1, 0.15) is 19.3 Å². The zero-order chi connectivity index (χ0) is 14.4. The lowest BCUT2D eigenvalue weighted by Gasteiger charge is -2.27. The number of carbonyl (C=O) groups excluding carboxylic acids is 2. The van der Waals surface area contributed by atoms with Gasteiger partial charge in [0.15, 0.2) is 0 Å². The first-order chi connectivity index (χ1) is 8.66. The van der Waals surface area contributed by atoms with E-state index in [0.717, 1.165) is 0 Å². The topological polar surface area (TPSA) is 75.7 Å². The quantitative estimate of drug-likeness (QED) is 0.531. The molecule has 9 heteroatoms. The molecule has 2 aliphatic rings. The highest BCUT2D eigenvalue weighted by Gasteiger charge is 2.65. The fourth-order valence-corrected chi connectivity index (χ4v) is 2.18. The summed E-state index contributed by atoms with van der Waals surface area (Å²) < 4.78 is 60.9. The standard InChI is InChI=1S/C10H10F4O5/c11-9(12,7(15)16)10(13,14)8(17)19-6-3-4-1-2-5(6)18-4/h4-6H,1-3H2,(H,15,16)/p-1. The van der Waals surface area contributed by atoms with Gasteiger partial charge in [-0.3, -0.25) is 0 Å². The van der Waals surface area contributed by atoms with Crippen LogP contribution in [0.15, 0.2) is 0 Å². The molecule has 5 nitrogen and oxygen atoms in total. The minimum atomic E-state index is -5.62. The zero-order valence-electron chi connectivity index (χ0n) is 9.41. The third-order valence-electron chi connectivity index (χ3n) is 3.22. The molecule has 2 aliphatic heterocycles. The van der Waals surface area contributed by atoms with Gasteiger partial charge in [0.1, 0.15) is 12.1 Å². The first kappa shape index (κ1) is 14.0. The molecule has 2 rings (SSSR count). The maximum absolute atomic E-state index is 13.1. The molecule has 0 aromatic rings. The highest BCUT2D eigenvalue weighted by Crippen LogP contribution is 2.39. The Morgan fingerprint density at radius 1 is 1.16 bits per heavy atom. The number of aliphatic carboxylic acids is 1. The molecular weight excluding hydrogens is 276 g/mol. The van der Waals surface area contributed by atoms with E-state index in [0.29, 0.717) is 12.8 Å². The highest BCUT2D eigenvalue weighted by atomic mass is 19.3. The average Bonchev–Trinajstić information content (AvgIpc) is 2.90. The summed E-state index contributed by atoms with van der Waals surface area (Å²) >= 11 is 0. The van der Waals surface area contributed by atoms with E-state index in [2.05, 4.69) is 4.74 Å². The van der Waals surface area contributed by atoms with Crippen LogP contribution in [0.5, 0.6) is 0 Å². The maximum atomic E-state index is 13.1. The van der Waals surface area contributed by atoms with E-state index in [1.165, 1.54) is 0 Å². The number of hydrogen-bond acceptors (Lipinski definition) is 5. The molecule has 0 amide bonds. The van der Waals surface area contributed by atoms with E-state index in [9.17, 15) is 32.3 Å². The molecular formula is C10H9F4O5-. The molecule has 3 atom stereocenters. The minimum absolute atomic E-state index is 0.142. The van der Waals surface area contributed by atoms with E-state index in [4.69, 9.17) is 4.74 Å². The van der Waals surface area contributed by atoms with Gasteiger partial charge >= 0.3 is 17.8 Å². The van der Waals surface area contributed by atoms with Crippen LogP contribution in [0, 0.1) is 0 Å². The second-order valence-electron chi connectivity index (χ2n) is 4.49. The highest BCUT2D eigenvalue weighted by molar-refractivity contribution is 5.88. The fourth-order valence-electron chi connectivity index (χ4n) is 2.18. The Kier molecular flexibility index (Phi) is 3.20. The van der Waals surface area contributed by atoms with Gasteiger partial charge in [0, 0.05) is 6.42 Å². The molecule has 0 saturated carbocycles. The number of halogens is 4. The lowest BCUT2D eigenvalue weighted by Crippen LogP contribution is -2.58. The van der Waals surface area contributed by atoms with E-state index >= 15 is 0 Å².